The molecule has 2 nitrogen and oxygen atoms in total. The molecule has 1 aliphatic heterocycles. The molecule has 0 atom stereocenters. The van der Waals surface area contributed by atoms with E-state index in [1.165, 1.54) is 21.0 Å². The Balaban J connectivity index is 1.80. The van der Waals surface area contributed by atoms with Crippen LogP contribution in [0.25, 0.3) is 17.0 Å². The number of thiol groups is 1. The monoisotopic (exact) mass is 323 g/mol. The highest BCUT2D eigenvalue weighted by molar-refractivity contribution is 8.03. The highest BCUT2D eigenvalue weighted by Crippen LogP contribution is 2.45. The van der Waals surface area contributed by atoms with Crippen molar-refractivity contribution >= 4 is 47.2 Å². The standard InChI is InChI=1S/C18H15N2S2/c1-19-16-8-4-5-9-17(16)22-18(19)12-14-11-10-13-6-2-3-7-15(13)20(14)21/h2-12,21H,1H3/q+1. The van der Waals surface area contributed by atoms with Crippen molar-refractivity contribution in [3.8, 4) is 0 Å². The van der Waals surface area contributed by atoms with Crippen LogP contribution in [0, 0.1) is 0 Å². The number of rotatable bonds is 1. The molecule has 2 heterocycles. The summed E-state index contributed by atoms with van der Waals surface area (Å²) >= 11 is 6.46. The lowest BCUT2D eigenvalue weighted by atomic mass is 10.2. The molecule has 1 aromatic heterocycles. The second-order valence-electron chi connectivity index (χ2n) is 5.24. The predicted octanol–water partition coefficient (Wildman–Crippen LogP) is 4.36. The largest absolute Gasteiger partial charge is 0.338 e. The molecule has 0 amide bonds. The van der Waals surface area contributed by atoms with Crippen LogP contribution in [0.4, 0.5) is 5.69 Å². The Morgan fingerprint density at radius 3 is 2.64 bits per heavy atom. The van der Waals surface area contributed by atoms with Gasteiger partial charge in [-0.2, -0.15) is 0 Å². The Morgan fingerprint density at radius 1 is 1.00 bits per heavy atom. The van der Waals surface area contributed by atoms with Crippen molar-refractivity contribution in [1.29, 1.82) is 0 Å². The highest BCUT2D eigenvalue weighted by atomic mass is 32.2. The minimum atomic E-state index is 1.07. The Bertz CT molecular complexity index is 902. The Morgan fingerprint density at radius 2 is 1.77 bits per heavy atom. The van der Waals surface area contributed by atoms with Gasteiger partial charge in [0, 0.05) is 35.5 Å². The van der Waals surface area contributed by atoms with Crippen molar-refractivity contribution in [2.24, 2.45) is 0 Å². The third-order valence-electron chi connectivity index (χ3n) is 3.89. The first-order valence-electron chi connectivity index (χ1n) is 7.09. The van der Waals surface area contributed by atoms with Gasteiger partial charge in [0.15, 0.2) is 0 Å². The Kier molecular flexibility index (Phi) is 3.36. The van der Waals surface area contributed by atoms with Gasteiger partial charge in [-0.3, -0.25) is 0 Å². The molecule has 0 saturated carbocycles. The van der Waals surface area contributed by atoms with Crippen LogP contribution in [-0.4, -0.2) is 7.05 Å². The number of pyridine rings is 1. The predicted molar refractivity (Wildman–Crippen MR) is 97.2 cm³/mol. The topological polar surface area (TPSA) is 7.12 Å². The zero-order valence-corrected chi connectivity index (χ0v) is 13.8. The number of anilines is 1. The maximum atomic E-state index is 4.67. The van der Waals surface area contributed by atoms with Gasteiger partial charge in [0.1, 0.15) is 12.8 Å². The first-order valence-corrected chi connectivity index (χ1v) is 8.31. The molecule has 0 unspecified atom stereocenters. The van der Waals surface area contributed by atoms with Gasteiger partial charge < -0.3 is 4.90 Å². The van der Waals surface area contributed by atoms with E-state index in [4.69, 9.17) is 0 Å². The van der Waals surface area contributed by atoms with E-state index < -0.39 is 0 Å². The molecule has 1 aliphatic rings. The summed E-state index contributed by atoms with van der Waals surface area (Å²) in [6, 6.07) is 21.0. The summed E-state index contributed by atoms with van der Waals surface area (Å²) in [5.41, 5.74) is 3.44. The third kappa shape index (κ3) is 2.19. The molecule has 4 heteroatoms. The minimum absolute atomic E-state index is 1.07. The second kappa shape index (κ2) is 5.38. The number of thioether (sulfide) groups is 1. The summed E-state index contributed by atoms with van der Waals surface area (Å²) in [5, 5.41) is 2.40. The van der Waals surface area contributed by atoms with Crippen LogP contribution in [0.5, 0.6) is 0 Å². The zero-order valence-electron chi connectivity index (χ0n) is 12.1. The molecule has 0 spiro atoms. The summed E-state index contributed by atoms with van der Waals surface area (Å²) in [7, 11) is 2.11. The van der Waals surface area contributed by atoms with Gasteiger partial charge in [0.2, 0.25) is 11.2 Å². The van der Waals surface area contributed by atoms with Crippen LogP contribution >= 0.6 is 24.6 Å². The number of fused-ring (bicyclic) bond motifs is 2. The SMILES string of the molecule is CN1C(=Cc2ccc3ccccc3[n+]2S)Sc2ccccc21. The molecule has 0 N–H and O–H groups in total. The molecular formula is C18H15N2S2+. The molecule has 2 aromatic carbocycles. The smallest absolute Gasteiger partial charge is 0.226 e. The van der Waals surface area contributed by atoms with E-state index in [1.54, 1.807) is 11.8 Å². The molecule has 0 bridgehead atoms. The van der Waals surface area contributed by atoms with E-state index in [9.17, 15) is 0 Å². The molecule has 0 fully saturated rings. The quantitative estimate of drug-likeness (QED) is 0.525. The van der Waals surface area contributed by atoms with Crippen LogP contribution in [0.2, 0.25) is 0 Å². The lowest BCUT2D eigenvalue weighted by molar-refractivity contribution is -0.460. The Labute approximate surface area is 139 Å². The van der Waals surface area contributed by atoms with Gasteiger partial charge in [-0.05, 0) is 24.3 Å². The minimum Gasteiger partial charge on any atom is -0.338 e. The van der Waals surface area contributed by atoms with E-state index in [0.717, 1.165) is 11.2 Å². The van der Waals surface area contributed by atoms with Crippen LogP contribution in [0.3, 0.4) is 0 Å². The van der Waals surface area contributed by atoms with E-state index >= 15 is 0 Å². The maximum absolute atomic E-state index is 4.67. The molecule has 22 heavy (non-hydrogen) atoms. The van der Waals surface area contributed by atoms with Gasteiger partial charge in [-0.1, -0.05) is 36.0 Å². The summed E-state index contributed by atoms with van der Waals surface area (Å²) in [6.45, 7) is 0. The van der Waals surface area contributed by atoms with Crippen LogP contribution in [0.1, 0.15) is 5.69 Å². The number of aromatic nitrogens is 1. The summed E-state index contributed by atoms with van der Waals surface area (Å²) < 4.78 is 1.94. The number of hydrogen-bond acceptors (Lipinski definition) is 3. The van der Waals surface area contributed by atoms with Gasteiger partial charge in [0.25, 0.3) is 0 Å². The fourth-order valence-corrected chi connectivity index (χ4v) is 4.09. The lowest BCUT2D eigenvalue weighted by Gasteiger charge is -2.12. The number of nitrogens with zero attached hydrogens (tertiary/aromatic N) is 2. The average molecular weight is 323 g/mol. The van der Waals surface area contributed by atoms with Crippen molar-refractivity contribution < 1.29 is 3.97 Å². The first kappa shape index (κ1) is 13.7. The van der Waals surface area contributed by atoms with Crippen LogP contribution in [0.15, 0.2) is 70.6 Å². The highest BCUT2D eigenvalue weighted by Gasteiger charge is 2.23. The van der Waals surface area contributed by atoms with Crippen molar-refractivity contribution in [3.05, 3.63) is 71.4 Å². The molecule has 0 radical (unpaired) electrons. The second-order valence-corrected chi connectivity index (χ2v) is 6.70. The maximum Gasteiger partial charge on any atom is 0.226 e. The zero-order chi connectivity index (χ0) is 15.1. The molecular weight excluding hydrogens is 308 g/mol. The summed E-state index contributed by atoms with van der Waals surface area (Å²) in [4.78, 5) is 3.52. The lowest BCUT2D eigenvalue weighted by Crippen LogP contribution is -2.26. The van der Waals surface area contributed by atoms with E-state index in [-0.39, 0.29) is 0 Å². The Hall–Kier alpha value is -1.91. The van der Waals surface area contributed by atoms with E-state index in [0.29, 0.717) is 0 Å². The van der Waals surface area contributed by atoms with E-state index in [1.807, 2.05) is 16.1 Å². The van der Waals surface area contributed by atoms with Crippen LogP contribution < -0.4 is 8.87 Å². The fraction of sp³-hybridized carbons (Fsp3) is 0.0556. The number of para-hydroxylation sites is 2. The van der Waals surface area contributed by atoms with Crippen LogP contribution in [-0.2, 0) is 0 Å². The number of benzene rings is 2. The van der Waals surface area contributed by atoms with Gasteiger partial charge in [-0.25, -0.2) is 0 Å². The molecule has 108 valence electrons. The number of hydrogen-bond donors (Lipinski definition) is 1. The van der Waals surface area contributed by atoms with Gasteiger partial charge >= 0.3 is 0 Å². The third-order valence-corrected chi connectivity index (χ3v) is 5.50. The first-order chi connectivity index (χ1) is 10.7. The average Bonchev–Trinajstić information content (AvgIpc) is 2.87. The molecule has 0 saturated heterocycles. The fourth-order valence-electron chi connectivity index (χ4n) is 2.69. The van der Waals surface area contributed by atoms with Crippen molar-refractivity contribution in [1.82, 2.24) is 0 Å². The van der Waals surface area contributed by atoms with Crippen molar-refractivity contribution in [2.45, 2.75) is 4.90 Å². The van der Waals surface area contributed by atoms with Gasteiger partial charge in [-0.15, -0.1) is 3.97 Å². The summed E-state index contributed by atoms with van der Waals surface area (Å²) in [6.07, 6.45) is 2.18. The molecule has 0 aliphatic carbocycles. The molecule has 3 aromatic rings. The van der Waals surface area contributed by atoms with E-state index in [2.05, 4.69) is 79.4 Å². The van der Waals surface area contributed by atoms with Crippen molar-refractivity contribution in [3.63, 3.8) is 0 Å². The normalized spacial score (nSPS) is 15.5. The molecule has 4 rings (SSSR count). The van der Waals surface area contributed by atoms with Gasteiger partial charge in [0.05, 0.1) is 10.7 Å². The summed E-state index contributed by atoms with van der Waals surface area (Å²) in [5.74, 6) is 0. The van der Waals surface area contributed by atoms with Crippen molar-refractivity contribution in [2.75, 3.05) is 11.9 Å².